The first-order valence-electron chi connectivity index (χ1n) is 8.54. The van der Waals surface area contributed by atoms with Crippen LogP contribution in [0, 0.1) is 6.92 Å². The monoisotopic (exact) mass is 380 g/mol. The lowest BCUT2D eigenvalue weighted by molar-refractivity contribution is -0.136. The Kier molecular flexibility index (Phi) is 6.71. The zero-order chi connectivity index (χ0) is 20.0. The molecule has 0 spiro atoms. The van der Waals surface area contributed by atoms with Gasteiger partial charge in [0.2, 0.25) is 5.91 Å². The van der Waals surface area contributed by atoms with E-state index in [1.54, 1.807) is 19.0 Å². The van der Waals surface area contributed by atoms with Crippen molar-refractivity contribution < 1.29 is 22.7 Å². The summed E-state index contributed by atoms with van der Waals surface area (Å²) in [6, 6.07) is 11.3. The number of nitrogens with zero attached hydrogens (tertiary/aromatic N) is 1. The number of nitrogens with one attached hydrogen (secondary N) is 1. The highest BCUT2D eigenvalue weighted by atomic mass is 19.4. The van der Waals surface area contributed by atoms with E-state index in [1.807, 2.05) is 31.2 Å². The molecule has 0 fully saturated rings. The molecule has 0 atom stereocenters. The third-order valence-electron chi connectivity index (χ3n) is 3.94. The number of anilines is 2. The van der Waals surface area contributed by atoms with Crippen molar-refractivity contribution >= 4 is 17.3 Å². The number of ether oxygens (including phenoxy) is 1. The Morgan fingerprint density at radius 2 is 1.78 bits per heavy atom. The summed E-state index contributed by atoms with van der Waals surface area (Å²) >= 11 is 0. The van der Waals surface area contributed by atoms with Crippen LogP contribution >= 0.6 is 0 Å². The molecule has 0 saturated carbocycles. The van der Waals surface area contributed by atoms with Crippen molar-refractivity contribution in [3.8, 4) is 5.75 Å². The third kappa shape index (κ3) is 6.20. The van der Waals surface area contributed by atoms with E-state index in [4.69, 9.17) is 4.74 Å². The predicted octanol–water partition coefficient (Wildman–Crippen LogP) is 4.88. The van der Waals surface area contributed by atoms with Crippen LogP contribution in [0.4, 0.5) is 24.5 Å². The van der Waals surface area contributed by atoms with Crippen molar-refractivity contribution in [2.45, 2.75) is 25.9 Å². The molecule has 2 aromatic carbocycles. The van der Waals surface area contributed by atoms with Crippen LogP contribution in [-0.2, 0) is 11.0 Å². The predicted molar refractivity (Wildman–Crippen MR) is 100 cm³/mol. The van der Waals surface area contributed by atoms with Crippen LogP contribution < -0.4 is 15.0 Å². The van der Waals surface area contributed by atoms with Gasteiger partial charge in [-0.15, -0.1) is 0 Å². The molecule has 0 aromatic heterocycles. The van der Waals surface area contributed by atoms with Crippen LogP contribution in [0.3, 0.4) is 0 Å². The molecule has 0 aliphatic heterocycles. The number of carbonyl (C=O) groups is 1. The number of hydrogen-bond donors (Lipinski definition) is 1. The fraction of sp³-hybridized carbons (Fsp3) is 0.350. The average Bonchev–Trinajstić information content (AvgIpc) is 2.59. The van der Waals surface area contributed by atoms with Crippen molar-refractivity contribution in [3.05, 3.63) is 53.6 Å². The van der Waals surface area contributed by atoms with Crippen molar-refractivity contribution in [1.29, 1.82) is 0 Å². The molecule has 146 valence electrons. The number of alkyl halides is 3. The maximum atomic E-state index is 13.3. The number of amides is 1. The van der Waals surface area contributed by atoms with Crippen LogP contribution in [0.1, 0.15) is 24.0 Å². The molecule has 0 unspecified atom stereocenters. The van der Waals surface area contributed by atoms with Gasteiger partial charge in [-0.25, -0.2) is 0 Å². The van der Waals surface area contributed by atoms with Gasteiger partial charge in [-0.1, -0.05) is 17.7 Å². The topological polar surface area (TPSA) is 41.6 Å². The number of rotatable bonds is 7. The standard InChI is InChI=1S/C20H23F3N2O2/c1-14-6-9-16(10-7-14)27-12-4-5-19(26)24-18-11-8-15(25(2)3)13-17(18)20(21,22)23/h6-11,13H,4-5,12H2,1-3H3,(H,24,26). The summed E-state index contributed by atoms with van der Waals surface area (Å²) in [6.07, 6.45) is -4.08. The molecular weight excluding hydrogens is 357 g/mol. The Labute approximate surface area is 156 Å². The van der Waals surface area contributed by atoms with Gasteiger partial charge < -0.3 is 15.0 Å². The fourth-order valence-electron chi connectivity index (χ4n) is 2.42. The Bertz CT molecular complexity index is 772. The maximum absolute atomic E-state index is 13.3. The summed E-state index contributed by atoms with van der Waals surface area (Å²) in [5.41, 5.74) is 0.421. The number of carbonyl (C=O) groups excluding carboxylic acids is 1. The summed E-state index contributed by atoms with van der Waals surface area (Å²) in [5, 5.41) is 2.36. The van der Waals surface area contributed by atoms with Gasteiger partial charge in [-0.05, 0) is 43.7 Å². The van der Waals surface area contributed by atoms with E-state index in [0.717, 1.165) is 11.6 Å². The highest BCUT2D eigenvalue weighted by Crippen LogP contribution is 2.37. The Balaban J connectivity index is 1.92. The van der Waals surface area contributed by atoms with Gasteiger partial charge in [0.15, 0.2) is 0 Å². The molecule has 0 saturated heterocycles. The minimum Gasteiger partial charge on any atom is -0.494 e. The van der Waals surface area contributed by atoms with Crippen LogP contribution in [0.5, 0.6) is 5.75 Å². The summed E-state index contributed by atoms with van der Waals surface area (Å²) in [7, 11) is 3.31. The lowest BCUT2D eigenvalue weighted by Gasteiger charge is -2.18. The van der Waals surface area contributed by atoms with Crippen molar-refractivity contribution in [1.82, 2.24) is 0 Å². The number of halogens is 3. The molecule has 0 aliphatic carbocycles. The van der Waals surface area contributed by atoms with Gasteiger partial charge in [0, 0.05) is 26.2 Å². The van der Waals surface area contributed by atoms with Gasteiger partial charge in [0.1, 0.15) is 5.75 Å². The van der Waals surface area contributed by atoms with Crippen LogP contribution in [0.15, 0.2) is 42.5 Å². The third-order valence-corrected chi connectivity index (χ3v) is 3.94. The maximum Gasteiger partial charge on any atom is 0.418 e. The first kappa shape index (κ1) is 20.6. The van der Waals surface area contributed by atoms with E-state index in [1.165, 1.54) is 12.1 Å². The Morgan fingerprint density at radius 3 is 2.37 bits per heavy atom. The highest BCUT2D eigenvalue weighted by Gasteiger charge is 2.34. The molecular formula is C20H23F3N2O2. The quantitative estimate of drug-likeness (QED) is 0.697. The largest absolute Gasteiger partial charge is 0.494 e. The van der Waals surface area contributed by atoms with E-state index >= 15 is 0 Å². The van der Waals surface area contributed by atoms with E-state index in [2.05, 4.69) is 5.32 Å². The SMILES string of the molecule is Cc1ccc(OCCCC(=O)Nc2ccc(N(C)C)cc2C(F)(F)F)cc1. The normalized spacial score (nSPS) is 11.2. The number of aryl methyl sites for hydroxylation is 1. The zero-order valence-electron chi connectivity index (χ0n) is 15.6. The first-order valence-corrected chi connectivity index (χ1v) is 8.54. The van der Waals surface area contributed by atoms with Gasteiger partial charge in [-0.2, -0.15) is 13.2 Å². The van der Waals surface area contributed by atoms with Crippen molar-refractivity contribution in [2.75, 3.05) is 30.9 Å². The minimum atomic E-state index is -4.55. The van der Waals surface area contributed by atoms with E-state index < -0.39 is 17.6 Å². The second kappa shape index (κ2) is 8.79. The number of hydrogen-bond acceptors (Lipinski definition) is 3. The molecule has 7 heteroatoms. The van der Waals surface area contributed by atoms with Crippen LogP contribution in [-0.4, -0.2) is 26.6 Å². The summed E-state index contributed by atoms with van der Waals surface area (Å²) in [4.78, 5) is 13.6. The first-order chi connectivity index (χ1) is 12.7. The minimum absolute atomic E-state index is 0.0680. The number of benzene rings is 2. The summed E-state index contributed by atoms with van der Waals surface area (Å²) in [6.45, 7) is 2.27. The molecule has 0 aliphatic rings. The Hall–Kier alpha value is -2.70. The zero-order valence-corrected chi connectivity index (χ0v) is 15.6. The molecule has 1 amide bonds. The van der Waals surface area contributed by atoms with Gasteiger partial charge in [-0.3, -0.25) is 4.79 Å². The van der Waals surface area contributed by atoms with Crippen molar-refractivity contribution in [3.63, 3.8) is 0 Å². The van der Waals surface area contributed by atoms with Crippen molar-refractivity contribution in [2.24, 2.45) is 0 Å². The molecule has 2 aromatic rings. The lowest BCUT2D eigenvalue weighted by Crippen LogP contribution is -2.18. The molecule has 1 N–H and O–H groups in total. The molecule has 0 radical (unpaired) electrons. The summed E-state index contributed by atoms with van der Waals surface area (Å²) in [5.74, 6) is 0.213. The molecule has 27 heavy (non-hydrogen) atoms. The summed E-state index contributed by atoms with van der Waals surface area (Å²) < 4.78 is 45.3. The van der Waals surface area contributed by atoms with Crippen LogP contribution in [0.2, 0.25) is 0 Å². The second-order valence-corrected chi connectivity index (χ2v) is 6.44. The fourth-order valence-corrected chi connectivity index (χ4v) is 2.42. The van der Waals surface area contributed by atoms with E-state index in [-0.39, 0.29) is 12.1 Å². The Morgan fingerprint density at radius 1 is 1.11 bits per heavy atom. The highest BCUT2D eigenvalue weighted by molar-refractivity contribution is 5.92. The lowest BCUT2D eigenvalue weighted by atomic mass is 10.1. The molecule has 4 nitrogen and oxygen atoms in total. The second-order valence-electron chi connectivity index (χ2n) is 6.44. The van der Waals surface area contributed by atoms with E-state index in [9.17, 15) is 18.0 Å². The average molecular weight is 380 g/mol. The van der Waals surface area contributed by atoms with Crippen LogP contribution in [0.25, 0.3) is 0 Å². The van der Waals surface area contributed by atoms with Gasteiger partial charge in [0.05, 0.1) is 17.9 Å². The van der Waals surface area contributed by atoms with Gasteiger partial charge in [0.25, 0.3) is 0 Å². The molecule has 0 bridgehead atoms. The van der Waals surface area contributed by atoms with Gasteiger partial charge >= 0.3 is 6.18 Å². The van der Waals surface area contributed by atoms with E-state index in [0.29, 0.717) is 24.5 Å². The smallest absolute Gasteiger partial charge is 0.418 e. The molecule has 2 rings (SSSR count). The molecule has 0 heterocycles.